The first-order chi connectivity index (χ1) is 14.4. The number of hydrogen-bond acceptors (Lipinski definition) is 5. The monoisotopic (exact) mass is 436 g/mol. The van der Waals surface area contributed by atoms with E-state index in [0.717, 1.165) is 35.3 Å². The van der Waals surface area contributed by atoms with Gasteiger partial charge in [0.2, 0.25) is 10.0 Å². The van der Waals surface area contributed by atoms with E-state index in [0.29, 0.717) is 25.0 Å². The fraction of sp³-hybridized carbons (Fsp3) is 0.571. The second-order valence-electron chi connectivity index (χ2n) is 7.59. The molecule has 0 aliphatic heterocycles. The van der Waals surface area contributed by atoms with Gasteiger partial charge in [-0.05, 0) is 44.7 Å². The molecular formula is C21H32N4O4S. The number of para-hydroxylation sites is 1. The minimum atomic E-state index is -3.29. The van der Waals surface area contributed by atoms with E-state index in [4.69, 9.17) is 9.15 Å². The van der Waals surface area contributed by atoms with Crippen LogP contribution in [0.2, 0.25) is 0 Å². The standard InChI is InChI=1S/C21H32N4O4S/c1-4-28-18-10-6-9-17-13-19(29-20(17)18)15(2)25-21(22-3)23-11-12-30(26,27)24-14-16-7-5-8-16/h6,9-10,13,15-16,24H,4-5,7-8,11-12,14H2,1-3H3,(H2,22,23,25). The third-order valence-electron chi connectivity index (χ3n) is 5.31. The van der Waals surface area contributed by atoms with Gasteiger partial charge in [-0.2, -0.15) is 0 Å². The molecule has 0 bridgehead atoms. The number of benzene rings is 1. The Labute approximate surface area is 178 Å². The molecule has 1 aromatic carbocycles. The van der Waals surface area contributed by atoms with E-state index in [9.17, 15) is 8.42 Å². The molecule has 2 aromatic rings. The van der Waals surface area contributed by atoms with Crippen molar-refractivity contribution in [3.8, 4) is 5.75 Å². The molecule has 1 aliphatic carbocycles. The first-order valence-corrected chi connectivity index (χ1v) is 12.2. The molecule has 3 rings (SSSR count). The summed E-state index contributed by atoms with van der Waals surface area (Å²) in [7, 11) is -1.64. The van der Waals surface area contributed by atoms with E-state index in [1.165, 1.54) is 6.42 Å². The first kappa shape index (κ1) is 22.4. The van der Waals surface area contributed by atoms with Crippen molar-refractivity contribution in [2.45, 2.75) is 39.2 Å². The number of nitrogens with one attached hydrogen (secondary N) is 3. The van der Waals surface area contributed by atoms with Gasteiger partial charge in [-0.25, -0.2) is 13.1 Å². The lowest BCUT2D eigenvalue weighted by Crippen LogP contribution is -2.42. The van der Waals surface area contributed by atoms with Crippen molar-refractivity contribution in [3.63, 3.8) is 0 Å². The van der Waals surface area contributed by atoms with E-state index in [1.807, 2.05) is 38.1 Å². The molecule has 0 spiro atoms. The summed E-state index contributed by atoms with van der Waals surface area (Å²) in [5.41, 5.74) is 0.717. The van der Waals surface area contributed by atoms with Crippen LogP contribution in [0.4, 0.5) is 0 Å². The number of guanidine groups is 1. The molecule has 1 unspecified atom stereocenters. The van der Waals surface area contributed by atoms with Crippen molar-refractivity contribution in [3.05, 3.63) is 30.0 Å². The highest BCUT2D eigenvalue weighted by atomic mass is 32.2. The van der Waals surface area contributed by atoms with Gasteiger partial charge in [0.05, 0.1) is 18.4 Å². The number of hydrogen-bond donors (Lipinski definition) is 3. The quantitative estimate of drug-likeness (QED) is 0.391. The smallest absolute Gasteiger partial charge is 0.213 e. The Morgan fingerprint density at radius 1 is 1.37 bits per heavy atom. The van der Waals surface area contributed by atoms with Gasteiger partial charge in [0.15, 0.2) is 17.3 Å². The third-order valence-corrected chi connectivity index (χ3v) is 6.66. The molecule has 9 heteroatoms. The molecule has 8 nitrogen and oxygen atoms in total. The maximum absolute atomic E-state index is 12.1. The van der Waals surface area contributed by atoms with Gasteiger partial charge in [-0.3, -0.25) is 4.99 Å². The van der Waals surface area contributed by atoms with Gasteiger partial charge in [0, 0.05) is 25.5 Å². The van der Waals surface area contributed by atoms with Crippen LogP contribution in [-0.2, 0) is 10.0 Å². The zero-order valence-electron chi connectivity index (χ0n) is 17.9. The van der Waals surface area contributed by atoms with E-state index < -0.39 is 10.0 Å². The topological polar surface area (TPSA) is 105 Å². The summed E-state index contributed by atoms with van der Waals surface area (Å²) < 4.78 is 38.6. The summed E-state index contributed by atoms with van der Waals surface area (Å²) in [5, 5.41) is 7.27. The summed E-state index contributed by atoms with van der Waals surface area (Å²) >= 11 is 0. The largest absolute Gasteiger partial charge is 0.490 e. The van der Waals surface area contributed by atoms with Crippen molar-refractivity contribution >= 4 is 27.0 Å². The molecule has 1 heterocycles. The SMILES string of the molecule is CCOc1cccc2cc(C(C)NC(=NC)NCCS(=O)(=O)NCC3CCC3)oc12. The van der Waals surface area contributed by atoms with E-state index in [2.05, 4.69) is 20.3 Å². The van der Waals surface area contributed by atoms with Crippen LogP contribution in [0.3, 0.4) is 0 Å². The summed E-state index contributed by atoms with van der Waals surface area (Å²) in [6.07, 6.45) is 3.43. The fourth-order valence-electron chi connectivity index (χ4n) is 3.33. The molecule has 1 fully saturated rings. The van der Waals surface area contributed by atoms with Crippen molar-refractivity contribution in [1.82, 2.24) is 15.4 Å². The van der Waals surface area contributed by atoms with Gasteiger partial charge in [0.1, 0.15) is 5.76 Å². The number of aliphatic imine (C=N–C) groups is 1. The molecule has 1 aliphatic rings. The van der Waals surface area contributed by atoms with Crippen LogP contribution in [0.15, 0.2) is 33.7 Å². The van der Waals surface area contributed by atoms with Crippen LogP contribution >= 0.6 is 0 Å². The van der Waals surface area contributed by atoms with E-state index in [-0.39, 0.29) is 18.3 Å². The molecule has 1 aromatic heterocycles. The van der Waals surface area contributed by atoms with Crippen LogP contribution in [-0.4, -0.2) is 46.9 Å². The molecule has 166 valence electrons. The van der Waals surface area contributed by atoms with Crippen molar-refractivity contribution in [2.24, 2.45) is 10.9 Å². The van der Waals surface area contributed by atoms with Gasteiger partial charge in [-0.1, -0.05) is 18.6 Å². The summed E-state index contributed by atoms with van der Waals surface area (Å²) in [6.45, 7) is 5.27. The lowest BCUT2D eigenvalue weighted by Gasteiger charge is -2.25. The minimum absolute atomic E-state index is 0.00282. The van der Waals surface area contributed by atoms with Crippen LogP contribution in [0.25, 0.3) is 11.0 Å². The minimum Gasteiger partial charge on any atom is -0.490 e. The van der Waals surface area contributed by atoms with Crippen molar-refractivity contribution in [2.75, 3.05) is 32.5 Å². The maximum atomic E-state index is 12.1. The highest BCUT2D eigenvalue weighted by Crippen LogP contribution is 2.31. The molecule has 0 amide bonds. The van der Waals surface area contributed by atoms with Crippen LogP contribution in [0.1, 0.15) is 44.9 Å². The number of ether oxygens (including phenoxy) is 1. The number of furan rings is 1. The Morgan fingerprint density at radius 3 is 2.83 bits per heavy atom. The predicted octanol–water partition coefficient (Wildman–Crippen LogP) is 2.78. The Kier molecular flexibility index (Phi) is 7.60. The van der Waals surface area contributed by atoms with Gasteiger partial charge >= 0.3 is 0 Å². The molecular weight excluding hydrogens is 404 g/mol. The van der Waals surface area contributed by atoms with Crippen LogP contribution in [0.5, 0.6) is 5.75 Å². The highest BCUT2D eigenvalue weighted by Gasteiger charge is 2.20. The zero-order chi connectivity index (χ0) is 21.6. The molecule has 0 radical (unpaired) electrons. The number of sulfonamides is 1. The molecule has 3 N–H and O–H groups in total. The normalized spacial score (nSPS) is 16.3. The van der Waals surface area contributed by atoms with Crippen molar-refractivity contribution < 1.29 is 17.6 Å². The van der Waals surface area contributed by atoms with Crippen LogP contribution < -0.4 is 20.1 Å². The Balaban J connectivity index is 1.52. The molecule has 30 heavy (non-hydrogen) atoms. The van der Waals surface area contributed by atoms with Crippen molar-refractivity contribution in [1.29, 1.82) is 0 Å². The predicted molar refractivity (Wildman–Crippen MR) is 119 cm³/mol. The summed E-state index contributed by atoms with van der Waals surface area (Å²) in [5.74, 6) is 2.47. The maximum Gasteiger partial charge on any atom is 0.213 e. The second-order valence-corrected chi connectivity index (χ2v) is 9.51. The summed E-state index contributed by atoms with van der Waals surface area (Å²) in [6, 6.07) is 7.61. The number of nitrogens with zero attached hydrogens (tertiary/aromatic N) is 1. The van der Waals surface area contributed by atoms with Crippen LogP contribution in [0, 0.1) is 5.92 Å². The van der Waals surface area contributed by atoms with Gasteiger partial charge < -0.3 is 19.8 Å². The molecule has 0 saturated heterocycles. The Hall–Kier alpha value is -2.26. The average Bonchev–Trinajstić information content (AvgIpc) is 3.11. The fourth-order valence-corrected chi connectivity index (χ4v) is 4.33. The van der Waals surface area contributed by atoms with E-state index in [1.54, 1.807) is 7.05 Å². The molecule has 1 atom stereocenters. The lowest BCUT2D eigenvalue weighted by atomic mass is 9.86. The first-order valence-electron chi connectivity index (χ1n) is 10.5. The lowest BCUT2D eigenvalue weighted by molar-refractivity contribution is 0.316. The Morgan fingerprint density at radius 2 is 2.17 bits per heavy atom. The second kappa shape index (κ2) is 10.2. The summed E-state index contributed by atoms with van der Waals surface area (Å²) in [4.78, 5) is 4.18. The molecule has 1 saturated carbocycles. The van der Waals surface area contributed by atoms with Gasteiger partial charge in [0.25, 0.3) is 0 Å². The number of rotatable bonds is 10. The highest BCUT2D eigenvalue weighted by molar-refractivity contribution is 7.89. The Bertz CT molecular complexity index is 967. The van der Waals surface area contributed by atoms with Gasteiger partial charge in [-0.15, -0.1) is 0 Å². The van der Waals surface area contributed by atoms with E-state index >= 15 is 0 Å². The zero-order valence-corrected chi connectivity index (χ0v) is 18.7. The number of fused-ring (bicyclic) bond motifs is 1. The average molecular weight is 437 g/mol. The third kappa shape index (κ3) is 5.89.